The number of carbonyl (C=O) groups is 1. The van der Waals surface area contributed by atoms with Crippen LogP contribution in [0.5, 0.6) is 0 Å². The normalized spacial score (nSPS) is 20.6. The lowest BCUT2D eigenvalue weighted by Gasteiger charge is -2.37. The van der Waals surface area contributed by atoms with Gasteiger partial charge >= 0.3 is 0 Å². The van der Waals surface area contributed by atoms with Crippen molar-refractivity contribution in [3.63, 3.8) is 0 Å². The van der Waals surface area contributed by atoms with Crippen molar-refractivity contribution in [2.45, 2.75) is 25.8 Å². The van der Waals surface area contributed by atoms with Crippen LogP contribution < -0.4 is 10.6 Å². The molecule has 4 nitrogen and oxygen atoms in total. The van der Waals surface area contributed by atoms with E-state index in [2.05, 4.69) is 41.8 Å². The van der Waals surface area contributed by atoms with E-state index in [9.17, 15) is 4.79 Å². The summed E-state index contributed by atoms with van der Waals surface area (Å²) in [5, 5.41) is 6.76. The predicted octanol–water partition coefficient (Wildman–Crippen LogP) is 1.62. The van der Waals surface area contributed by atoms with Crippen LogP contribution in [0.3, 0.4) is 0 Å². The van der Waals surface area contributed by atoms with Gasteiger partial charge in [-0.05, 0) is 37.5 Å². The summed E-state index contributed by atoms with van der Waals surface area (Å²) in [5.74, 6) is 0.578. The maximum absolute atomic E-state index is 12.2. The maximum atomic E-state index is 12.2. The standard InChI is InChI=1S/C16H23N3O/c1-12-3-2-4-15(9-12)18-14-5-7-19(8-6-14)16(20)13-10-17-11-13/h2-4,9,13-14,17-18H,5-8,10-11H2,1H3. The number of nitrogens with zero attached hydrogens (tertiary/aromatic N) is 1. The molecule has 0 saturated carbocycles. The molecule has 1 aromatic rings. The van der Waals surface area contributed by atoms with Gasteiger partial charge in [0, 0.05) is 37.9 Å². The first-order chi connectivity index (χ1) is 9.72. The molecule has 0 radical (unpaired) electrons. The number of likely N-dealkylation sites (tertiary alicyclic amines) is 1. The van der Waals surface area contributed by atoms with E-state index in [1.54, 1.807) is 0 Å². The molecule has 2 N–H and O–H groups in total. The van der Waals surface area contributed by atoms with Gasteiger partial charge in [0.2, 0.25) is 5.91 Å². The van der Waals surface area contributed by atoms with Gasteiger partial charge in [0.1, 0.15) is 0 Å². The van der Waals surface area contributed by atoms with Crippen molar-refractivity contribution in [3.8, 4) is 0 Å². The molecule has 2 heterocycles. The molecule has 1 amide bonds. The predicted molar refractivity (Wildman–Crippen MR) is 80.8 cm³/mol. The number of rotatable bonds is 3. The van der Waals surface area contributed by atoms with Crippen LogP contribution in [-0.2, 0) is 4.79 Å². The average molecular weight is 273 g/mol. The monoisotopic (exact) mass is 273 g/mol. The van der Waals surface area contributed by atoms with E-state index < -0.39 is 0 Å². The molecule has 3 rings (SSSR count). The van der Waals surface area contributed by atoms with Gasteiger partial charge in [0.25, 0.3) is 0 Å². The molecule has 0 bridgehead atoms. The minimum Gasteiger partial charge on any atom is -0.382 e. The Morgan fingerprint density at radius 1 is 1.30 bits per heavy atom. The Balaban J connectivity index is 1.49. The van der Waals surface area contributed by atoms with Crippen molar-refractivity contribution in [2.75, 3.05) is 31.5 Å². The minimum atomic E-state index is 0.233. The van der Waals surface area contributed by atoms with Gasteiger partial charge in [0.15, 0.2) is 0 Å². The van der Waals surface area contributed by atoms with Gasteiger partial charge in [-0.25, -0.2) is 0 Å². The smallest absolute Gasteiger partial charge is 0.228 e. The van der Waals surface area contributed by atoms with E-state index in [4.69, 9.17) is 0 Å². The van der Waals surface area contributed by atoms with Crippen LogP contribution in [0.2, 0.25) is 0 Å². The molecule has 20 heavy (non-hydrogen) atoms. The lowest BCUT2D eigenvalue weighted by molar-refractivity contribution is -0.138. The van der Waals surface area contributed by atoms with E-state index in [1.165, 1.54) is 11.3 Å². The summed E-state index contributed by atoms with van der Waals surface area (Å²) < 4.78 is 0. The highest BCUT2D eigenvalue weighted by Gasteiger charge is 2.31. The Morgan fingerprint density at radius 2 is 2.05 bits per heavy atom. The Bertz CT molecular complexity index is 476. The molecule has 2 saturated heterocycles. The minimum absolute atomic E-state index is 0.233. The zero-order valence-electron chi connectivity index (χ0n) is 12.1. The first-order valence-corrected chi connectivity index (χ1v) is 7.55. The lowest BCUT2D eigenvalue weighted by Crippen LogP contribution is -2.54. The van der Waals surface area contributed by atoms with Crippen molar-refractivity contribution in [1.29, 1.82) is 0 Å². The zero-order valence-corrected chi connectivity index (χ0v) is 12.1. The summed E-state index contributed by atoms with van der Waals surface area (Å²) in [5.41, 5.74) is 2.47. The highest BCUT2D eigenvalue weighted by Crippen LogP contribution is 2.19. The van der Waals surface area contributed by atoms with Crippen LogP contribution in [0.4, 0.5) is 5.69 Å². The van der Waals surface area contributed by atoms with Gasteiger partial charge in [-0.2, -0.15) is 0 Å². The second-order valence-electron chi connectivity index (χ2n) is 5.97. The van der Waals surface area contributed by atoms with Gasteiger partial charge < -0.3 is 15.5 Å². The summed E-state index contributed by atoms with van der Waals surface area (Å²) in [7, 11) is 0. The molecular formula is C16H23N3O. The van der Waals surface area contributed by atoms with E-state index in [-0.39, 0.29) is 5.92 Å². The zero-order chi connectivity index (χ0) is 13.9. The molecule has 0 atom stereocenters. The molecule has 2 fully saturated rings. The number of anilines is 1. The summed E-state index contributed by atoms with van der Waals surface area (Å²) in [6, 6.07) is 8.97. The van der Waals surface area contributed by atoms with Crippen LogP contribution in [0, 0.1) is 12.8 Å². The first kappa shape index (κ1) is 13.4. The first-order valence-electron chi connectivity index (χ1n) is 7.55. The molecule has 0 unspecified atom stereocenters. The molecular weight excluding hydrogens is 250 g/mol. The Labute approximate surface area is 120 Å². The van der Waals surface area contributed by atoms with E-state index in [1.807, 2.05) is 4.90 Å². The molecule has 0 aromatic heterocycles. The molecule has 0 aliphatic carbocycles. The maximum Gasteiger partial charge on any atom is 0.228 e. The van der Waals surface area contributed by atoms with Gasteiger partial charge in [-0.1, -0.05) is 12.1 Å². The fourth-order valence-electron chi connectivity index (χ4n) is 2.94. The third kappa shape index (κ3) is 2.96. The topological polar surface area (TPSA) is 44.4 Å². The van der Waals surface area contributed by atoms with Gasteiger partial charge in [0.05, 0.1) is 5.92 Å². The van der Waals surface area contributed by atoms with E-state index in [0.29, 0.717) is 11.9 Å². The molecule has 4 heteroatoms. The van der Waals surface area contributed by atoms with Crippen molar-refractivity contribution in [1.82, 2.24) is 10.2 Å². The number of aryl methyl sites for hydroxylation is 1. The molecule has 2 aliphatic heterocycles. The number of hydrogen-bond acceptors (Lipinski definition) is 3. The van der Waals surface area contributed by atoms with Crippen LogP contribution in [0.1, 0.15) is 18.4 Å². The largest absolute Gasteiger partial charge is 0.382 e. The number of nitrogens with one attached hydrogen (secondary N) is 2. The van der Waals surface area contributed by atoms with E-state index in [0.717, 1.165) is 39.0 Å². The van der Waals surface area contributed by atoms with E-state index >= 15 is 0 Å². The van der Waals surface area contributed by atoms with Crippen molar-refractivity contribution in [2.24, 2.45) is 5.92 Å². The fourth-order valence-corrected chi connectivity index (χ4v) is 2.94. The van der Waals surface area contributed by atoms with Gasteiger partial charge in [-0.3, -0.25) is 4.79 Å². The summed E-state index contributed by atoms with van der Waals surface area (Å²) in [4.78, 5) is 14.2. The second kappa shape index (κ2) is 5.83. The summed E-state index contributed by atoms with van der Waals surface area (Å²) >= 11 is 0. The molecule has 2 aliphatic rings. The lowest BCUT2D eigenvalue weighted by atomic mass is 9.98. The highest BCUT2D eigenvalue weighted by atomic mass is 16.2. The number of piperidine rings is 1. The van der Waals surface area contributed by atoms with Gasteiger partial charge in [-0.15, -0.1) is 0 Å². The number of carbonyl (C=O) groups excluding carboxylic acids is 1. The van der Waals surface area contributed by atoms with Crippen molar-refractivity contribution >= 4 is 11.6 Å². The third-order valence-electron chi connectivity index (χ3n) is 4.33. The Kier molecular flexibility index (Phi) is 3.92. The summed E-state index contributed by atoms with van der Waals surface area (Å²) in [6.07, 6.45) is 2.08. The Morgan fingerprint density at radius 3 is 2.65 bits per heavy atom. The summed E-state index contributed by atoms with van der Waals surface area (Å²) in [6.45, 7) is 5.61. The fraction of sp³-hybridized carbons (Fsp3) is 0.562. The number of benzene rings is 1. The SMILES string of the molecule is Cc1cccc(NC2CCN(C(=O)C3CNC3)CC2)c1. The average Bonchev–Trinajstić information content (AvgIpc) is 2.37. The number of amides is 1. The van der Waals surface area contributed by atoms with Crippen LogP contribution in [0.25, 0.3) is 0 Å². The van der Waals surface area contributed by atoms with Crippen molar-refractivity contribution in [3.05, 3.63) is 29.8 Å². The van der Waals surface area contributed by atoms with Crippen molar-refractivity contribution < 1.29 is 4.79 Å². The Hall–Kier alpha value is -1.55. The van der Waals surface area contributed by atoms with Crippen LogP contribution in [-0.4, -0.2) is 43.0 Å². The molecule has 0 spiro atoms. The molecule has 1 aromatic carbocycles. The number of hydrogen-bond donors (Lipinski definition) is 2. The van der Waals surface area contributed by atoms with Crippen LogP contribution in [0.15, 0.2) is 24.3 Å². The van der Waals surface area contributed by atoms with Crippen LogP contribution >= 0.6 is 0 Å². The quantitative estimate of drug-likeness (QED) is 0.879. The second-order valence-corrected chi connectivity index (χ2v) is 5.97. The highest BCUT2D eigenvalue weighted by molar-refractivity contribution is 5.80. The molecule has 108 valence electrons. The third-order valence-corrected chi connectivity index (χ3v) is 4.33.